The van der Waals surface area contributed by atoms with E-state index in [1.54, 1.807) is 17.7 Å². The first-order valence-electron chi connectivity index (χ1n) is 9.18. The Balaban J connectivity index is 1.50. The number of carbonyl (C=O) groups excluding carboxylic acids is 1. The number of aryl methyl sites for hydroxylation is 1. The minimum Gasteiger partial charge on any atom is -0.378 e. The highest BCUT2D eigenvalue weighted by Crippen LogP contribution is 2.32. The fraction of sp³-hybridized carbons (Fsp3) is 0.611. The van der Waals surface area contributed by atoms with E-state index >= 15 is 0 Å². The number of likely N-dealkylation sites (N-methyl/N-ethyl adjacent to an activating group) is 1. The number of carbonyl (C=O) groups is 1. The first-order chi connectivity index (χ1) is 12.6. The Hall–Kier alpha value is -1.93. The fourth-order valence-corrected chi connectivity index (χ4v) is 4.80. The molecule has 2 aromatic heterocycles. The molecular formula is C18H25N5O2S. The standard InChI is InChI=1S/C18H25N5O2S/c1-13-11-26-16-15(13)19-12-20-17(16)23-5-3-4-14(10-23)21(2)18(24)22-6-8-25-9-7-22/h11-12,14H,3-10H2,1-2H3. The van der Waals surface area contributed by atoms with Gasteiger partial charge in [-0.3, -0.25) is 0 Å². The van der Waals surface area contributed by atoms with Crippen molar-refractivity contribution in [1.29, 1.82) is 0 Å². The van der Waals surface area contributed by atoms with E-state index in [1.807, 2.05) is 16.8 Å². The van der Waals surface area contributed by atoms with E-state index in [-0.39, 0.29) is 12.1 Å². The molecule has 0 saturated carbocycles. The van der Waals surface area contributed by atoms with E-state index in [1.165, 1.54) is 5.56 Å². The Labute approximate surface area is 157 Å². The van der Waals surface area contributed by atoms with Crippen molar-refractivity contribution in [2.45, 2.75) is 25.8 Å². The van der Waals surface area contributed by atoms with Crippen molar-refractivity contribution in [3.8, 4) is 0 Å². The monoisotopic (exact) mass is 375 g/mol. The van der Waals surface area contributed by atoms with E-state index in [9.17, 15) is 4.79 Å². The molecule has 1 unspecified atom stereocenters. The molecule has 140 valence electrons. The third-order valence-corrected chi connectivity index (χ3v) is 6.42. The first-order valence-corrected chi connectivity index (χ1v) is 10.1. The molecule has 2 amide bonds. The van der Waals surface area contributed by atoms with Crippen LogP contribution in [0.15, 0.2) is 11.7 Å². The zero-order valence-electron chi connectivity index (χ0n) is 15.3. The summed E-state index contributed by atoms with van der Waals surface area (Å²) < 4.78 is 6.51. The van der Waals surface area contributed by atoms with Crippen LogP contribution in [0.25, 0.3) is 10.2 Å². The molecule has 1 atom stereocenters. The quantitative estimate of drug-likeness (QED) is 0.806. The normalized spacial score (nSPS) is 21.2. The molecule has 0 N–H and O–H groups in total. The molecule has 0 bridgehead atoms. The Kier molecular flexibility index (Phi) is 4.95. The minimum atomic E-state index is 0.111. The van der Waals surface area contributed by atoms with Gasteiger partial charge in [-0.2, -0.15) is 0 Å². The molecule has 7 nitrogen and oxygen atoms in total. The summed E-state index contributed by atoms with van der Waals surface area (Å²) in [5, 5.41) is 2.14. The van der Waals surface area contributed by atoms with Crippen LogP contribution in [-0.4, -0.2) is 78.3 Å². The van der Waals surface area contributed by atoms with Gasteiger partial charge in [0.1, 0.15) is 12.1 Å². The smallest absolute Gasteiger partial charge is 0.320 e. The number of piperidine rings is 1. The Morgan fingerprint density at radius 3 is 2.92 bits per heavy atom. The average molecular weight is 375 g/mol. The van der Waals surface area contributed by atoms with Crippen LogP contribution in [-0.2, 0) is 4.74 Å². The Morgan fingerprint density at radius 2 is 2.12 bits per heavy atom. The number of urea groups is 1. The zero-order chi connectivity index (χ0) is 18.1. The fourth-order valence-electron chi connectivity index (χ4n) is 3.78. The van der Waals surface area contributed by atoms with Crippen LogP contribution >= 0.6 is 11.3 Å². The van der Waals surface area contributed by atoms with Gasteiger partial charge in [-0.15, -0.1) is 11.3 Å². The number of aromatic nitrogens is 2. The summed E-state index contributed by atoms with van der Waals surface area (Å²) in [6, 6.07) is 0.310. The lowest BCUT2D eigenvalue weighted by atomic mass is 10.0. The van der Waals surface area contributed by atoms with Gasteiger partial charge in [0.25, 0.3) is 0 Å². The van der Waals surface area contributed by atoms with Crippen LogP contribution in [0.1, 0.15) is 18.4 Å². The number of fused-ring (bicyclic) bond motifs is 1. The molecule has 2 aliphatic heterocycles. The van der Waals surface area contributed by atoms with Crippen molar-refractivity contribution in [2.75, 3.05) is 51.3 Å². The lowest BCUT2D eigenvalue weighted by Gasteiger charge is -2.40. The second-order valence-corrected chi connectivity index (χ2v) is 7.91. The van der Waals surface area contributed by atoms with Crippen molar-refractivity contribution in [3.63, 3.8) is 0 Å². The van der Waals surface area contributed by atoms with Crippen molar-refractivity contribution in [1.82, 2.24) is 19.8 Å². The number of nitrogens with zero attached hydrogens (tertiary/aromatic N) is 5. The molecule has 26 heavy (non-hydrogen) atoms. The minimum absolute atomic E-state index is 0.111. The number of rotatable bonds is 2. The molecule has 2 aliphatic rings. The molecule has 4 rings (SSSR count). The lowest BCUT2D eigenvalue weighted by molar-refractivity contribution is 0.0414. The second-order valence-electron chi connectivity index (χ2n) is 7.03. The topological polar surface area (TPSA) is 61.8 Å². The molecule has 2 aromatic rings. The van der Waals surface area contributed by atoms with Gasteiger partial charge in [-0.05, 0) is 30.7 Å². The molecule has 0 spiro atoms. The molecule has 0 aromatic carbocycles. The van der Waals surface area contributed by atoms with Gasteiger partial charge < -0.3 is 19.4 Å². The van der Waals surface area contributed by atoms with Crippen LogP contribution in [0.4, 0.5) is 10.6 Å². The highest BCUT2D eigenvalue weighted by molar-refractivity contribution is 7.18. The van der Waals surface area contributed by atoms with Crippen LogP contribution in [0.3, 0.4) is 0 Å². The number of morpholine rings is 1. The number of ether oxygens (including phenoxy) is 1. The number of anilines is 1. The highest BCUT2D eigenvalue weighted by Gasteiger charge is 2.30. The molecule has 4 heterocycles. The summed E-state index contributed by atoms with van der Waals surface area (Å²) in [6.45, 7) is 6.50. The average Bonchev–Trinajstić information content (AvgIpc) is 3.09. The van der Waals surface area contributed by atoms with Crippen LogP contribution < -0.4 is 4.90 Å². The second kappa shape index (κ2) is 7.36. The first kappa shape index (κ1) is 17.5. The predicted octanol–water partition coefficient (Wildman–Crippen LogP) is 2.35. The van der Waals surface area contributed by atoms with Crippen molar-refractivity contribution in [2.24, 2.45) is 0 Å². The summed E-state index contributed by atoms with van der Waals surface area (Å²) in [5.41, 5.74) is 2.24. The van der Waals surface area contributed by atoms with E-state index in [0.29, 0.717) is 26.3 Å². The van der Waals surface area contributed by atoms with E-state index < -0.39 is 0 Å². The molecule has 2 fully saturated rings. The van der Waals surface area contributed by atoms with Gasteiger partial charge in [0.2, 0.25) is 0 Å². The summed E-state index contributed by atoms with van der Waals surface area (Å²) in [4.78, 5) is 27.9. The molecule has 0 radical (unpaired) electrons. The van der Waals surface area contributed by atoms with E-state index in [0.717, 1.165) is 42.0 Å². The SMILES string of the molecule is Cc1csc2c(N3CCCC(N(C)C(=O)N4CCOCC4)C3)ncnc12. The van der Waals surface area contributed by atoms with Gasteiger partial charge in [0.05, 0.1) is 29.5 Å². The summed E-state index contributed by atoms with van der Waals surface area (Å²) in [7, 11) is 1.93. The number of amides is 2. The number of hydrogen-bond acceptors (Lipinski definition) is 6. The zero-order valence-corrected chi connectivity index (χ0v) is 16.2. The predicted molar refractivity (Wildman–Crippen MR) is 103 cm³/mol. The number of thiophene rings is 1. The van der Waals surface area contributed by atoms with E-state index in [4.69, 9.17) is 4.74 Å². The van der Waals surface area contributed by atoms with Gasteiger partial charge >= 0.3 is 6.03 Å². The van der Waals surface area contributed by atoms with Crippen LogP contribution in [0.5, 0.6) is 0 Å². The maximum atomic E-state index is 12.8. The molecule has 2 saturated heterocycles. The van der Waals surface area contributed by atoms with Crippen LogP contribution in [0, 0.1) is 6.92 Å². The van der Waals surface area contributed by atoms with Crippen molar-refractivity contribution < 1.29 is 9.53 Å². The summed E-state index contributed by atoms with van der Waals surface area (Å²) >= 11 is 1.70. The summed E-state index contributed by atoms with van der Waals surface area (Å²) in [5.74, 6) is 1.00. The third-order valence-electron chi connectivity index (χ3n) is 5.34. The van der Waals surface area contributed by atoms with Gasteiger partial charge in [0.15, 0.2) is 0 Å². The van der Waals surface area contributed by atoms with Gasteiger partial charge in [-0.25, -0.2) is 14.8 Å². The number of hydrogen-bond donors (Lipinski definition) is 0. The molecule has 0 aliphatic carbocycles. The molecule has 8 heteroatoms. The van der Waals surface area contributed by atoms with Crippen molar-refractivity contribution in [3.05, 3.63) is 17.3 Å². The van der Waals surface area contributed by atoms with Gasteiger partial charge in [0, 0.05) is 33.2 Å². The molecular weight excluding hydrogens is 350 g/mol. The summed E-state index contributed by atoms with van der Waals surface area (Å²) in [6.07, 6.45) is 3.74. The van der Waals surface area contributed by atoms with Crippen molar-refractivity contribution >= 4 is 33.4 Å². The highest BCUT2D eigenvalue weighted by atomic mass is 32.1. The maximum Gasteiger partial charge on any atom is 0.320 e. The Morgan fingerprint density at radius 1 is 1.31 bits per heavy atom. The third kappa shape index (κ3) is 3.23. The Bertz CT molecular complexity index is 789. The largest absolute Gasteiger partial charge is 0.378 e. The lowest BCUT2D eigenvalue weighted by Crippen LogP contribution is -2.54. The van der Waals surface area contributed by atoms with E-state index in [2.05, 4.69) is 27.2 Å². The maximum absolute atomic E-state index is 12.8. The van der Waals surface area contributed by atoms with Gasteiger partial charge in [-0.1, -0.05) is 0 Å². The van der Waals surface area contributed by atoms with Crippen LogP contribution in [0.2, 0.25) is 0 Å².